The number of halogens is 1. The van der Waals surface area contributed by atoms with Crippen LogP contribution in [0.3, 0.4) is 0 Å². The van der Waals surface area contributed by atoms with Crippen molar-refractivity contribution in [3.05, 3.63) is 75.0 Å². The van der Waals surface area contributed by atoms with Crippen LogP contribution in [-0.4, -0.2) is 43.0 Å². The number of hydrogen-bond acceptors (Lipinski definition) is 5. The summed E-state index contributed by atoms with van der Waals surface area (Å²) in [5.74, 6) is -1.63. The minimum absolute atomic E-state index is 0.00910. The van der Waals surface area contributed by atoms with Crippen LogP contribution in [0.5, 0.6) is 0 Å². The fraction of sp³-hybridized carbons (Fsp3) is 0.357. The van der Waals surface area contributed by atoms with Crippen LogP contribution in [0, 0.1) is 11.7 Å². The fourth-order valence-electron chi connectivity index (χ4n) is 5.65. The van der Waals surface area contributed by atoms with E-state index in [-0.39, 0.29) is 17.9 Å². The van der Waals surface area contributed by atoms with Crippen molar-refractivity contribution in [2.24, 2.45) is 5.92 Å². The molecule has 0 unspecified atom stereocenters. The maximum Gasteiger partial charge on any atom is 0.307 e. The molecule has 0 radical (unpaired) electrons. The van der Waals surface area contributed by atoms with Gasteiger partial charge in [0.05, 0.1) is 17.7 Å². The van der Waals surface area contributed by atoms with Gasteiger partial charge in [-0.25, -0.2) is 13.9 Å². The second kappa shape index (κ2) is 8.21. The molecule has 3 atom stereocenters. The molecular formula is C28H25FN4O3S. The normalized spacial score (nSPS) is 22.8. The highest BCUT2D eigenvalue weighted by Gasteiger charge is 2.44. The third-order valence-electron chi connectivity index (χ3n) is 8.01. The van der Waals surface area contributed by atoms with Crippen molar-refractivity contribution in [1.29, 1.82) is 0 Å². The Morgan fingerprint density at radius 2 is 2.00 bits per heavy atom. The van der Waals surface area contributed by atoms with E-state index in [4.69, 9.17) is 0 Å². The molecule has 7 rings (SSSR count). The van der Waals surface area contributed by atoms with Crippen LogP contribution in [0.15, 0.2) is 41.8 Å². The Hall–Kier alpha value is -3.59. The molecule has 0 bridgehead atoms. The zero-order chi connectivity index (χ0) is 25.4. The van der Waals surface area contributed by atoms with Crippen molar-refractivity contribution in [2.75, 3.05) is 6.54 Å². The maximum absolute atomic E-state index is 15.2. The largest absolute Gasteiger partial charge is 0.481 e. The number of rotatable bonds is 5. The SMILES string of the molecule is C[C@@H]1c2ccsc2CCN1C(=O)c1cc(C2CC2)n2nc(-c3ccc([C@H]4C[C@@H]4C(=O)O)cc3F)cc2n1. The molecule has 188 valence electrons. The van der Waals surface area contributed by atoms with Crippen molar-refractivity contribution in [2.45, 2.75) is 50.5 Å². The van der Waals surface area contributed by atoms with E-state index in [1.54, 1.807) is 34.1 Å². The van der Waals surface area contributed by atoms with Gasteiger partial charge in [-0.2, -0.15) is 5.10 Å². The van der Waals surface area contributed by atoms with E-state index in [0.29, 0.717) is 47.0 Å². The molecule has 2 saturated carbocycles. The molecule has 2 fully saturated rings. The molecular weight excluding hydrogens is 491 g/mol. The van der Waals surface area contributed by atoms with E-state index in [1.807, 2.05) is 11.0 Å². The van der Waals surface area contributed by atoms with Crippen LogP contribution in [0.4, 0.5) is 4.39 Å². The van der Waals surface area contributed by atoms with Crippen molar-refractivity contribution in [3.63, 3.8) is 0 Å². The molecule has 7 nitrogen and oxygen atoms in total. The topological polar surface area (TPSA) is 87.8 Å². The Balaban J connectivity index is 1.24. The highest BCUT2D eigenvalue weighted by molar-refractivity contribution is 7.10. The lowest BCUT2D eigenvalue weighted by molar-refractivity contribution is -0.138. The Bertz CT molecular complexity index is 1590. The summed E-state index contributed by atoms with van der Waals surface area (Å²) in [7, 11) is 0. The number of hydrogen-bond donors (Lipinski definition) is 1. The molecule has 37 heavy (non-hydrogen) atoms. The van der Waals surface area contributed by atoms with Crippen LogP contribution in [0.25, 0.3) is 16.9 Å². The number of nitrogens with zero attached hydrogens (tertiary/aromatic N) is 4. The average molecular weight is 517 g/mol. The molecule has 2 aliphatic carbocycles. The van der Waals surface area contributed by atoms with Gasteiger partial charge in [-0.3, -0.25) is 9.59 Å². The molecule has 1 N–H and O–H groups in total. The smallest absolute Gasteiger partial charge is 0.307 e. The van der Waals surface area contributed by atoms with Gasteiger partial charge in [0.2, 0.25) is 0 Å². The first-order valence-corrected chi connectivity index (χ1v) is 13.6. The minimum atomic E-state index is -0.839. The highest BCUT2D eigenvalue weighted by Crippen LogP contribution is 2.48. The number of aromatic nitrogens is 3. The third kappa shape index (κ3) is 3.75. The van der Waals surface area contributed by atoms with E-state index in [0.717, 1.165) is 25.0 Å². The lowest BCUT2D eigenvalue weighted by Gasteiger charge is -2.33. The first kappa shape index (κ1) is 22.6. The van der Waals surface area contributed by atoms with Crippen molar-refractivity contribution in [1.82, 2.24) is 19.5 Å². The standard InChI is InChI=1S/C28H25FN4O3S/c1-14-17-7-9-37-25(17)6-8-32(14)27(34)23-12-24(15-2-3-15)33-26(30-23)13-22(31-33)18-5-4-16(10-21(18)29)19-11-20(19)28(35)36/h4-5,7,9-10,12-15,19-20H,2-3,6,8,11H2,1H3,(H,35,36)/t14-,19-,20+/m1/s1. The lowest BCUT2D eigenvalue weighted by Crippen LogP contribution is -2.38. The number of aliphatic carboxylic acids is 1. The molecule has 3 aromatic heterocycles. The predicted molar refractivity (Wildman–Crippen MR) is 136 cm³/mol. The quantitative estimate of drug-likeness (QED) is 0.383. The van der Waals surface area contributed by atoms with Crippen LogP contribution in [-0.2, 0) is 11.2 Å². The Kier molecular flexibility index (Phi) is 5.01. The highest BCUT2D eigenvalue weighted by atomic mass is 32.1. The fourth-order valence-corrected chi connectivity index (χ4v) is 6.61. The van der Waals surface area contributed by atoms with Crippen molar-refractivity contribution >= 4 is 28.9 Å². The Labute approximate surface area is 216 Å². The predicted octanol–water partition coefficient (Wildman–Crippen LogP) is 5.42. The van der Waals surface area contributed by atoms with Crippen molar-refractivity contribution < 1.29 is 19.1 Å². The van der Waals surface area contributed by atoms with Crippen LogP contribution >= 0.6 is 11.3 Å². The maximum atomic E-state index is 15.2. The van der Waals surface area contributed by atoms with Gasteiger partial charge in [0.15, 0.2) is 5.65 Å². The number of amides is 1. The first-order valence-electron chi connectivity index (χ1n) is 12.7. The summed E-state index contributed by atoms with van der Waals surface area (Å²) in [6.07, 6.45) is 3.43. The molecule has 0 spiro atoms. The number of carbonyl (C=O) groups is 2. The Morgan fingerprint density at radius 3 is 2.73 bits per heavy atom. The number of carboxylic acid groups (broad SMARTS) is 1. The zero-order valence-electron chi connectivity index (χ0n) is 20.2. The summed E-state index contributed by atoms with van der Waals surface area (Å²) >= 11 is 1.74. The molecule has 1 aliphatic heterocycles. The second-order valence-electron chi connectivity index (χ2n) is 10.4. The Morgan fingerprint density at radius 1 is 1.16 bits per heavy atom. The van der Waals surface area contributed by atoms with E-state index < -0.39 is 17.7 Å². The van der Waals surface area contributed by atoms with Gasteiger partial charge in [-0.1, -0.05) is 6.07 Å². The number of carbonyl (C=O) groups excluding carboxylic acids is 1. The third-order valence-corrected chi connectivity index (χ3v) is 9.01. The summed E-state index contributed by atoms with van der Waals surface area (Å²) in [4.78, 5) is 32.8. The molecule has 3 aliphatic rings. The second-order valence-corrected chi connectivity index (χ2v) is 11.4. The van der Waals surface area contributed by atoms with Crippen LogP contribution in [0.1, 0.15) is 76.3 Å². The molecule has 1 aromatic carbocycles. The van der Waals surface area contributed by atoms with Crippen molar-refractivity contribution in [3.8, 4) is 11.3 Å². The lowest BCUT2D eigenvalue weighted by atomic mass is 10.0. The summed E-state index contributed by atoms with van der Waals surface area (Å²) in [5, 5.41) is 16.0. The number of thiophene rings is 1. The van der Waals surface area contributed by atoms with Gasteiger partial charge in [0.25, 0.3) is 5.91 Å². The molecule has 4 heterocycles. The van der Waals surface area contributed by atoms with Gasteiger partial charge in [0, 0.05) is 34.7 Å². The van der Waals surface area contributed by atoms with E-state index in [1.165, 1.54) is 16.5 Å². The molecule has 4 aromatic rings. The van der Waals surface area contributed by atoms with Gasteiger partial charge in [-0.05, 0) is 79.3 Å². The van der Waals surface area contributed by atoms with Crippen LogP contribution in [0.2, 0.25) is 0 Å². The first-order chi connectivity index (χ1) is 17.9. The molecule has 0 saturated heterocycles. The summed E-state index contributed by atoms with van der Waals surface area (Å²) < 4.78 is 16.9. The van der Waals surface area contributed by atoms with E-state index in [9.17, 15) is 14.7 Å². The van der Waals surface area contributed by atoms with Gasteiger partial charge >= 0.3 is 5.97 Å². The molecule has 1 amide bonds. The monoisotopic (exact) mass is 516 g/mol. The average Bonchev–Trinajstić information content (AvgIpc) is 3.79. The van der Waals surface area contributed by atoms with Gasteiger partial charge in [-0.15, -0.1) is 11.3 Å². The number of benzene rings is 1. The van der Waals surface area contributed by atoms with Gasteiger partial charge in [0.1, 0.15) is 11.5 Å². The molecule has 9 heteroatoms. The zero-order valence-corrected chi connectivity index (χ0v) is 21.0. The number of carboxylic acids is 1. The number of fused-ring (bicyclic) bond motifs is 2. The van der Waals surface area contributed by atoms with Crippen LogP contribution < -0.4 is 0 Å². The summed E-state index contributed by atoms with van der Waals surface area (Å²) in [6.45, 7) is 2.72. The van der Waals surface area contributed by atoms with E-state index in [2.05, 4.69) is 28.5 Å². The summed E-state index contributed by atoms with van der Waals surface area (Å²) in [5.41, 5.74) is 4.55. The minimum Gasteiger partial charge on any atom is -0.481 e. The summed E-state index contributed by atoms with van der Waals surface area (Å²) in [6, 6.07) is 10.6. The van der Waals surface area contributed by atoms with Gasteiger partial charge < -0.3 is 10.0 Å². The van der Waals surface area contributed by atoms with E-state index >= 15 is 4.39 Å².